The smallest absolute Gasteiger partial charge is 0.234 e. The van der Waals surface area contributed by atoms with Crippen LogP contribution in [0.5, 0.6) is 0 Å². The molecule has 0 amide bonds. The Bertz CT molecular complexity index is 1010. The first-order valence-electron chi connectivity index (χ1n) is 8.02. The van der Waals surface area contributed by atoms with Gasteiger partial charge in [-0.1, -0.05) is 11.3 Å². The van der Waals surface area contributed by atoms with Crippen LogP contribution in [0.3, 0.4) is 0 Å². The number of fused-ring (bicyclic) bond motifs is 1. The Hall–Kier alpha value is -1.91. The van der Waals surface area contributed by atoms with E-state index in [1.165, 1.54) is 21.9 Å². The molecule has 8 nitrogen and oxygen atoms in total. The molecule has 0 spiro atoms. The van der Waals surface area contributed by atoms with Crippen molar-refractivity contribution in [3.05, 3.63) is 29.8 Å². The van der Waals surface area contributed by atoms with Crippen molar-refractivity contribution in [2.45, 2.75) is 25.7 Å². The Morgan fingerprint density at radius 2 is 2.12 bits per heavy atom. The van der Waals surface area contributed by atoms with E-state index in [9.17, 15) is 8.42 Å². The highest BCUT2D eigenvalue weighted by Crippen LogP contribution is 2.30. The summed E-state index contributed by atoms with van der Waals surface area (Å²) in [5, 5.41) is 14.0. The average molecular weight is 378 g/mol. The number of piperidine rings is 1. The highest BCUT2D eigenvalue weighted by Gasteiger charge is 2.30. The van der Waals surface area contributed by atoms with Crippen molar-refractivity contribution in [3.8, 4) is 10.6 Å². The van der Waals surface area contributed by atoms with Gasteiger partial charge in [-0.05, 0) is 31.9 Å². The van der Waals surface area contributed by atoms with Crippen LogP contribution in [0.25, 0.3) is 15.5 Å². The maximum absolute atomic E-state index is 11.8. The zero-order valence-electron chi connectivity index (χ0n) is 14.0. The van der Waals surface area contributed by atoms with E-state index in [0.717, 1.165) is 34.9 Å². The summed E-state index contributed by atoms with van der Waals surface area (Å²) in [6.45, 7) is 2.93. The minimum atomic E-state index is -3.20. The van der Waals surface area contributed by atoms with Crippen molar-refractivity contribution < 1.29 is 8.42 Å². The molecule has 0 N–H and O–H groups in total. The number of nitrogens with zero attached hydrogens (tertiary/aromatic N) is 6. The molecule has 0 saturated carbocycles. The predicted molar refractivity (Wildman–Crippen MR) is 95.0 cm³/mol. The summed E-state index contributed by atoms with van der Waals surface area (Å²) in [6, 6.07) is 3.93. The molecule has 0 radical (unpaired) electrons. The zero-order valence-corrected chi connectivity index (χ0v) is 15.6. The Balaban J connectivity index is 1.68. The first kappa shape index (κ1) is 16.6. The molecule has 1 saturated heterocycles. The molecule has 25 heavy (non-hydrogen) atoms. The maximum Gasteiger partial charge on any atom is 0.234 e. The molecule has 0 aromatic carbocycles. The topological polar surface area (TPSA) is 93.3 Å². The first-order valence-corrected chi connectivity index (χ1v) is 10.7. The van der Waals surface area contributed by atoms with Gasteiger partial charge < -0.3 is 0 Å². The average Bonchev–Trinajstić information content (AvgIpc) is 3.15. The van der Waals surface area contributed by atoms with Crippen LogP contribution < -0.4 is 0 Å². The standard InChI is InChI=1S/C15H18N6O2S2/c1-10-5-6-11(8-16-10)14-19-21-13(17-18-15(21)24-14)12-4-3-7-20(9-12)25(2,22)23/h5-6,8,12H,3-4,7,9H2,1-2H3. The summed E-state index contributed by atoms with van der Waals surface area (Å²) in [5.74, 6) is 0.732. The van der Waals surface area contributed by atoms with Crippen molar-refractivity contribution in [1.29, 1.82) is 0 Å². The molecule has 1 fully saturated rings. The number of aromatic nitrogens is 5. The van der Waals surface area contributed by atoms with Gasteiger partial charge in [-0.25, -0.2) is 12.7 Å². The molecule has 3 aromatic rings. The summed E-state index contributed by atoms with van der Waals surface area (Å²) in [5.41, 5.74) is 1.89. The third-order valence-corrected chi connectivity index (χ3v) is 6.61. The summed E-state index contributed by atoms with van der Waals surface area (Å²) in [4.78, 5) is 5.02. The molecule has 132 valence electrons. The highest BCUT2D eigenvalue weighted by molar-refractivity contribution is 7.88. The molecule has 4 heterocycles. The lowest BCUT2D eigenvalue weighted by molar-refractivity contribution is 0.309. The molecular weight excluding hydrogens is 360 g/mol. The van der Waals surface area contributed by atoms with Crippen molar-refractivity contribution >= 4 is 26.3 Å². The van der Waals surface area contributed by atoms with Gasteiger partial charge in [0, 0.05) is 36.5 Å². The number of hydrogen-bond donors (Lipinski definition) is 0. The minimum Gasteiger partial charge on any atom is -0.261 e. The van der Waals surface area contributed by atoms with E-state index in [4.69, 9.17) is 0 Å². The predicted octanol–water partition coefficient (Wildman–Crippen LogP) is 1.70. The number of sulfonamides is 1. The Morgan fingerprint density at radius 1 is 1.28 bits per heavy atom. The maximum atomic E-state index is 11.8. The SMILES string of the molecule is Cc1ccc(-c2nn3c(C4CCCN(S(C)(=O)=O)C4)nnc3s2)cn1. The van der Waals surface area contributed by atoms with Gasteiger partial charge in [0.2, 0.25) is 15.0 Å². The molecule has 10 heteroatoms. The third-order valence-electron chi connectivity index (χ3n) is 4.39. The lowest BCUT2D eigenvalue weighted by Gasteiger charge is -2.29. The van der Waals surface area contributed by atoms with Gasteiger partial charge >= 0.3 is 0 Å². The molecule has 1 atom stereocenters. The fourth-order valence-corrected chi connectivity index (χ4v) is 4.80. The van der Waals surface area contributed by atoms with E-state index >= 15 is 0 Å². The van der Waals surface area contributed by atoms with E-state index in [-0.39, 0.29) is 5.92 Å². The van der Waals surface area contributed by atoms with Gasteiger partial charge in [-0.15, -0.1) is 10.2 Å². The van der Waals surface area contributed by atoms with Gasteiger partial charge in [0.15, 0.2) is 5.82 Å². The van der Waals surface area contributed by atoms with Gasteiger partial charge in [0.1, 0.15) is 5.01 Å². The van der Waals surface area contributed by atoms with Gasteiger partial charge in [-0.2, -0.15) is 9.61 Å². The number of pyridine rings is 1. The van der Waals surface area contributed by atoms with Crippen LogP contribution in [0.4, 0.5) is 0 Å². The molecule has 1 unspecified atom stereocenters. The molecule has 1 aliphatic heterocycles. The van der Waals surface area contributed by atoms with Gasteiger partial charge in [0.05, 0.1) is 6.26 Å². The van der Waals surface area contributed by atoms with E-state index in [1.807, 2.05) is 19.1 Å². The van der Waals surface area contributed by atoms with Crippen molar-refractivity contribution in [1.82, 2.24) is 29.1 Å². The summed E-state index contributed by atoms with van der Waals surface area (Å²) >= 11 is 1.45. The zero-order chi connectivity index (χ0) is 17.6. The van der Waals surface area contributed by atoms with Crippen LogP contribution >= 0.6 is 11.3 Å². The van der Waals surface area contributed by atoms with Crippen LogP contribution in [0.15, 0.2) is 18.3 Å². The molecule has 3 aromatic heterocycles. The molecule has 0 aliphatic carbocycles. The van der Waals surface area contributed by atoms with Gasteiger partial charge in [0.25, 0.3) is 0 Å². The van der Waals surface area contributed by atoms with Crippen LogP contribution in [-0.2, 0) is 10.0 Å². The van der Waals surface area contributed by atoms with Crippen molar-refractivity contribution in [3.63, 3.8) is 0 Å². The fourth-order valence-electron chi connectivity index (χ4n) is 3.05. The van der Waals surface area contributed by atoms with E-state index in [2.05, 4.69) is 20.3 Å². The van der Waals surface area contributed by atoms with E-state index in [1.54, 1.807) is 10.7 Å². The quantitative estimate of drug-likeness (QED) is 0.689. The Labute approximate surface area is 149 Å². The van der Waals surface area contributed by atoms with Crippen molar-refractivity contribution in [2.24, 2.45) is 0 Å². The van der Waals surface area contributed by atoms with Gasteiger partial charge in [-0.3, -0.25) is 4.98 Å². The highest BCUT2D eigenvalue weighted by atomic mass is 32.2. The molecular formula is C15H18N6O2S2. The number of aryl methyl sites for hydroxylation is 1. The van der Waals surface area contributed by atoms with Crippen LogP contribution in [-0.4, -0.2) is 56.9 Å². The second-order valence-corrected chi connectivity index (χ2v) is 9.25. The lowest BCUT2D eigenvalue weighted by Crippen LogP contribution is -2.38. The minimum absolute atomic E-state index is 0.00423. The molecule has 1 aliphatic rings. The normalized spacial score (nSPS) is 19.5. The van der Waals surface area contributed by atoms with Crippen LogP contribution in [0.2, 0.25) is 0 Å². The molecule has 4 rings (SSSR count). The first-order chi connectivity index (χ1) is 11.9. The largest absolute Gasteiger partial charge is 0.261 e. The van der Waals surface area contributed by atoms with Crippen LogP contribution in [0, 0.1) is 6.92 Å². The van der Waals surface area contributed by atoms with E-state index < -0.39 is 10.0 Å². The summed E-state index contributed by atoms with van der Waals surface area (Å²) in [6.07, 6.45) is 4.74. The summed E-state index contributed by atoms with van der Waals surface area (Å²) in [7, 11) is -3.20. The number of rotatable bonds is 3. The van der Waals surface area contributed by atoms with E-state index in [0.29, 0.717) is 18.1 Å². The van der Waals surface area contributed by atoms with Crippen molar-refractivity contribution in [2.75, 3.05) is 19.3 Å². The second-order valence-electron chi connectivity index (χ2n) is 6.31. The second kappa shape index (κ2) is 6.11. The van der Waals surface area contributed by atoms with Crippen LogP contribution in [0.1, 0.15) is 30.3 Å². The molecule has 0 bridgehead atoms. The lowest BCUT2D eigenvalue weighted by atomic mass is 9.99. The monoisotopic (exact) mass is 378 g/mol. The third kappa shape index (κ3) is 3.16. The Kier molecular flexibility index (Phi) is 4.05. The number of hydrogen-bond acceptors (Lipinski definition) is 7. The fraction of sp³-hybridized carbons (Fsp3) is 0.467. The Morgan fingerprint density at radius 3 is 2.84 bits per heavy atom. The summed E-state index contributed by atoms with van der Waals surface area (Å²) < 4.78 is 26.9.